The second kappa shape index (κ2) is 8.93. The Balaban J connectivity index is 2.59. The summed E-state index contributed by atoms with van der Waals surface area (Å²) in [5.74, 6) is -1.38. The monoisotopic (exact) mass is 296 g/mol. The van der Waals surface area contributed by atoms with Crippen molar-refractivity contribution in [2.45, 2.75) is 12.5 Å². The lowest BCUT2D eigenvalue weighted by Gasteiger charge is -2.17. The van der Waals surface area contributed by atoms with Crippen LogP contribution in [-0.2, 0) is 19.1 Å². The molecule has 1 aromatic carbocycles. The number of nitrogen functional groups attached to an aromatic ring is 1. The van der Waals surface area contributed by atoms with Crippen LogP contribution in [0.2, 0.25) is 0 Å². The normalized spacial score (nSPS) is 11.9. The second-order valence-corrected chi connectivity index (χ2v) is 4.43. The predicted molar refractivity (Wildman–Crippen MR) is 76.7 cm³/mol. The van der Waals surface area contributed by atoms with E-state index in [1.54, 1.807) is 24.3 Å². The van der Waals surface area contributed by atoms with Gasteiger partial charge in [0.2, 0.25) is 5.91 Å². The molecule has 7 nitrogen and oxygen atoms in total. The highest BCUT2D eigenvalue weighted by Gasteiger charge is 2.18. The first kappa shape index (κ1) is 16.9. The van der Waals surface area contributed by atoms with E-state index in [1.165, 1.54) is 7.11 Å². The maximum Gasteiger partial charge on any atom is 0.305 e. The molecular formula is C14H20N2O5. The zero-order chi connectivity index (χ0) is 15.7. The van der Waals surface area contributed by atoms with Gasteiger partial charge in [0.25, 0.3) is 0 Å². The van der Waals surface area contributed by atoms with Gasteiger partial charge in [0, 0.05) is 12.8 Å². The Bertz CT molecular complexity index is 461. The van der Waals surface area contributed by atoms with E-state index < -0.39 is 12.0 Å². The number of nitrogens with one attached hydrogen (secondary N) is 1. The van der Waals surface area contributed by atoms with E-state index in [4.69, 9.17) is 20.3 Å². The Hall–Kier alpha value is -2.12. The molecule has 1 rings (SSSR count). The molecule has 0 saturated carbocycles. The van der Waals surface area contributed by atoms with Crippen LogP contribution in [0, 0.1) is 0 Å². The Labute approximate surface area is 123 Å². The van der Waals surface area contributed by atoms with E-state index in [1.807, 2.05) is 0 Å². The number of aliphatic carboxylic acids is 1. The largest absolute Gasteiger partial charge is 0.481 e. The van der Waals surface area contributed by atoms with Crippen molar-refractivity contribution in [3.8, 4) is 0 Å². The summed E-state index contributed by atoms with van der Waals surface area (Å²) in [7, 11) is 1.54. The molecule has 21 heavy (non-hydrogen) atoms. The van der Waals surface area contributed by atoms with Gasteiger partial charge in [0.15, 0.2) is 0 Å². The number of methoxy groups -OCH3 is 1. The number of rotatable bonds is 9. The Morgan fingerprint density at radius 1 is 1.29 bits per heavy atom. The molecule has 0 aliphatic rings. The number of anilines is 1. The highest BCUT2D eigenvalue weighted by atomic mass is 16.5. The number of carbonyl (C=O) groups excluding carboxylic acids is 1. The molecule has 0 bridgehead atoms. The molecule has 1 atom stereocenters. The van der Waals surface area contributed by atoms with Crippen LogP contribution in [-0.4, -0.2) is 43.9 Å². The van der Waals surface area contributed by atoms with Crippen LogP contribution in [0.25, 0.3) is 0 Å². The fourth-order valence-corrected chi connectivity index (χ4v) is 1.70. The minimum absolute atomic E-state index is 0.144. The lowest BCUT2D eigenvalue weighted by Crippen LogP contribution is -2.33. The Morgan fingerprint density at radius 3 is 2.52 bits per heavy atom. The topological polar surface area (TPSA) is 111 Å². The van der Waals surface area contributed by atoms with Crippen molar-refractivity contribution >= 4 is 17.6 Å². The minimum atomic E-state index is -1.00. The fraction of sp³-hybridized carbons (Fsp3) is 0.429. The first-order valence-electron chi connectivity index (χ1n) is 6.46. The number of hydrogen-bond acceptors (Lipinski definition) is 5. The number of carboxylic acids is 1. The van der Waals surface area contributed by atoms with Crippen LogP contribution < -0.4 is 11.1 Å². The van der Waals surface area contributed by atoms with Crippen LogP contribution >= 0.6 is 0 Å². The molecule has 0 fully saturated rings. The first-order chi connectivity index (χ1) is 10.0. The molecule has 0 aliphatic carbocycles. The molecule has 0 unspecified atom stereocenters. The zero-order valence-corrected chi connectivity index (χ0v) is 11.9. The van der Waals surface area contributed by atoms with Gasteiger partial charge in [0.1, 0.15) is 6.61 Å². The number of carboxylic acid groups (broad SMARTS) is 1. The number of carbonyl (C=O) groups is 2. The third-order valence-corrected chi connectivity index (χ3v) is 2.72. The van der Waals surface area contributed by atoms with E-state index in [-0.39, 0.29) is 18.9 Å². The van der Waals surface area contributed by atoms with Crippen molar-refractivity contribution in [3.63, 3.8) is 0 Å². The molecule has 0 spiro atoms. The van der Waals surface area contributed by atoms with Crippen LogP contribution in [0.15, 0.2) is 24.3 Å². The highest BCUT2D eigenvalue weighted by molar-refractivity contribution is 5.78. The quantitative estimate of drug-likeness (QED) is 0.453. The van der Waals surface area contributed by atoms with Crippen molar-refractivity contribution in [1.29, 1.82) is 0 Å². The fourth-order valence-electron chi connectivity index (χ4n) is 1.70. The van der Waals surface area contributed by atoms with Crippen molar-refractivity contribution in [3.05, 3.63) is 29.8 Å². The van der Waals surface area contributed by atoms with Crippen LogP contribution in [0.1, 0.15) is 18.0 Å². The van der Waals surface area contributed by atoms with E-state index >= 15 is 0 Å². The number of benzene rings is 1. The van der Waals surface area contributed by atoms with Gasteiger partial charge in [-0.25, -0.2) is 0 Å². The standard InChI is InChI=1S/C14H20N2O5/c1-20-6-7-21-9-13(17)16-12(8-14(18)19)10-2-4-11(15)5-3-10/h2-5,12H,6-9,15H2,1H3,(H,16,17)(H,18,19)/t12-/m1/s1. The van der Waals surface area contributed by atoms with E-state index in [9.17, 15) is 9.59 Å². The van der Waals surface area contributed by atoms with Gasteiger partial charge in [-0.3, -0.25) is 9.59 Å². The third-order valence-electron chi connectivity index (χ3n) is 2.72. The highest BCUT2D eigenvalue weighted by Crippen LogP contribution is 2.18. The number of hydrogen-bond donors (Lipinski definition) is 3. The molecule has 0 heterocycles. The van der Waals surface area contributed by atoms with Gasteiger partial charge in [-0.15, -0.1) is 0 Å². The average Bonchev–Trinajstić information content (AvgIpc) is 2.43. The van der Waals surface area contributed by atoms with Crippen molar-refractivity contribution < 1.29 is 24.2 Å². The molecule has 7 heteroatoms. The zero-order valence-electron chi connectivity index (χ0n) is 11.9. The average molecular weight is 296 g/mol. The number of nitrogens with two attached hydrogens (primary N) is 1. The van der Waals surface area contributed by atoms with Gasteiger partial charge in [-0.1, -0.05) is 12.1 Å². The Morgan fingerprint density at radius 2 is 1.95 bits per heavy atom. The van der Waals surface area contributed by atoms with Crippen molar-refractivity contribution in [1.82, 2.24) is 5.32 Å². The van der Waals surface area contributed by atoms with Crippen LogP contribution in [0.5, 0.6) is 0 Å². The molecule has 116 valence electrons. The summed E-state index contributed by atoms with van der Waals surface area (Å²) in [6, 6.07) is 6.07. The summed E-state index contributed by atoms with van der Waals surface area (Å²) in [6.45, 7) is 0.549. The number of amides is 1. The lowest BCUT2D eigenvalue weighted by molar-refractivity contribution is -0.138. The molecule has 0 radical (unpaired) electrons. The maximum atomic E-state index is 11.7. The molecule has 1 amide bonds. The molecular weight excluding hydrogens is 276 g/mol. The summed E-state index contributed by atoms with van der Waals surface area (Å²) in [5.41, 5.74) is 6.84. The van der Waals surface area contributed by atoms with Crippen LogP contribution in [0.4, 0.5) is 5.69 Å². The summed E-state index contributed by atoms with van der Waals surface area (Å²) in [5, 5.41) is 11.6. The van der Waals surface area contributed by atoms with Crippen molar-refractivity contribution in [2.75, 3.05) is 32.7 Å². The summed E-state index contributed by atoms with van der Waals surface area (Å²) >= 11 is 0. The molecule has 0 aliphatic heterocycles. The molecule has 4 N–H and O–H groups in total. The summed E-state index contributed by atoms with van der Waals surface area (Å²) in [6.07, 6.45) is -0.215. The molecule has 0 aromatic heterocycles. The van der Waals surface area contributed by atoms with Crippen LogP contribution in [0.3, 0.4) is 0 Å². The van der Waals surface area contributed by atoms with Gasteiger partial charge >= 0.3 is 5.97 Å². The summed E-state index contributed by atoms with van der Waals surface area (Å²) in [4.78, 5) is 22.7. The Kier molecular flexibility index (Phi) is 7.20. The second-order valence-electron chi connectivity index (χ2n) is 4.43. The minimum Gasteiger partial charge on any atom is -0.481 e. The number of ether oxygens (including phenoxy) is 2. The lowest BCUT2D eigenvalue weighted by atomic mass is 10.0. The van der Waals surface area contributed by atoms with E-state index in [0.717, 1.165) is 0 Å². The predicted octanol–water partition coefficient (Wildman–Crippen LogP) is 0.564. The summed E-state index contributed by atoms with van der Waals surface area (Å²) < 4.78 is 9.88. The van der Waals surface area contributed by atoms with E-state index in [0.29, 0.717) is 24.5 Å². The SMILES string of the molecule is COCCOCC(=O)N[C@H](CC(=O)O)c1ccc(N)cc1. The molecule has 1 aromatic rings. The van der Waals surface area contributed by atoms with Gasteiger partial charge in [-0.05, 0) is 17.7 Å². The van der Waals surface area contributed by atoms with Gasteiger partial charge in [0.05, 0.1) is 25.7 Å². The van der Waals surface area contributed by atoms with Crippen molar-refractivity contribution in [2.24, 2.45) is 0 Å². The first-order valence-corrected chi connectivity index (χ1v) is 6.46. The maximum absolute atomic E-state index is 11.7. The van der Waals surface area contributed by atoms with Gasteiger partial charge in [-0.2, -0.15) is 0 Å². The van der Waals surface area contributed by atoms with E-state index in [2.05, 4.69) is 5.32 Å². The smallest absolute Gasteiger partial charge is 0.305 e. The molecule has 0 saturated heterocycles. The third kappa shape index (κ3) is 6.73. The van der Waals surface area contributed by atoms with Gasteiger partial charge < -0.3 is 25.6 Å².